The Labute approximate surface area is 169 Å². The fourth-order valence-corrected chi connectivity index (χ4v) is 2.50. The summed E-state index contributed by atoms with van der Waals surface area (Å²) in [7, 11) is 1.51. The van der Waals surface area contributed by atoms with Crippen molar-refractivity contribution >= 4 is 17.6 Å². The van der Waals surface area contributed by atoms with Gasteiger partial charge >= 0.3 is 5.97 Å². The molecule has 7 heteroatoms. The van der Waals surface area contributed by atoms with Gasteiger partial charge in [-0.25, -0.2) is 4.79 Å². The van der Waals surface area contributed by atoms with Crippen LogP contribution in [0.4, 0.5) is 5.69 Å². The molecule has 2 rings (SSSR count). The zero-order valence-electron chi connectivity index (χ0n) is 16.6. The van der Waals surface area contributed by atoms with Crippen LogP contribution in [0, 0.1) is 18.3 Å². The normalized spacial score (nSPS) is 10.6. The van der Waals surface area contributed by atoms with Crippen LogP contribution in [-0.4, -0.2) is 25.6 Å². The molecule has 1 amide bonds. The molecule has 0 unspecified atom stereocenters. The van der Waals surface area contributed by atoms with E-state index >= 15 is 0 Å². The summed E-state index contributed by atoms with van der Waals surface area (Å²) in [5.74, 6) is -0.403. The highest BCUT2D eigenvalue weighted by molar-refractivity contribution is 6.07. The average molecular weight is 393 g/mol. The Morgan fingerprint density at radius 1 is 1.17 bits per heavy atom. The fraction of sp³-hybridized carbons (Fsp3) is 0.227. The average Bonchev–Trinajstić information content (AvgIpc) is 2.72. The number of anilines is 1. The third-order valence-corrected chi connectivity index (χ3v) is 3.99. The van der Waals surface area contributed by atoms with E-state index in [2.05, 4.69) is 10.6 Å². The van der Waals surface area contributed by atoms with Crippen LogP contribution in [-0.2, 0) is 16.1 Å². The van der Waals surface area contributed by atoms with Gasteiger partial charge in [0.15, 0.2) is 0 Å². The SMILES string of the molecule is CCOC(=O)c1ccc(CN/C=C(/C#N)C(=O)Nc2cc(C)ccc2OC)cc1. The second kappa shape index (κ2) is 10.5. The van der Waals surface area contributed by atoms with Crippen LogP contribution in [0.25, 0.3) is 0 Å². The van der Waals surface area contributed by atoms with E-state index in [1.165, 1.54) is 13.3 Å². The van der Waals surface area contributed by atoms with Crippen LogP contribution in [0.2, 0.25) is 0 Å². The largest absolute Gasteiger partial charge is 0.495 e. The Hall–Kier alpha value is -3.79. The summed E-state index contributed by atoms with van der Waals surface area (Å²) in [5, 5.41) is 14.9. The third-order valence-electron chi connectivity index (χ3n) is 3.99. The molecule has 2 N–H and O–H groups in total. The number of rotatable bonds is 8. The highest BCUT2D eigenvalue weighted by Gasteiger charge is 2.12. The van der Waals surface area contributed by atoms with Crippen LogP contribution in [0.1, 0.15) is 28.4 Å². The van der Waals surface area contributed by atoms with Gasteiger partial charge in [-0.2, -0.15) is 5.26 Å². The van der Waals surface area contributed by atoms with E-state index in [0.29, 0.717) is 30.2 Å². The number of nitrogens with zero attached hydrogens (tertiary/aromatic N) is 1. The molecule has 0 fully saturated rings. The predicted octanol–water partition coefficient (Wildman–Crippen LogP) is 3.32. The molecule has 0 saturated heterocycles. The lowest BCUT2D eigenvalue weighted by Gasteiger charge is -2.11. The fourth-order valence-electron chi connectivity index (χ4n) is 2.50. The first-order chi connectivity index (χ1) is 14.0. The molecule has 0 heterocycles. The smallest absolute Gasteiger partial charge is 0.338 e. The van der Waals surface area contributed by atoms with Crippen LogP contribution in [0.15, 0.2) is 54.2 Å². The number of hydrogen-bond donors (Lipinski definition) is 2. The van der Waals surface area contributed by atoms with Gasteiger partial charge in [0.25, 0.3) is 5.91 Å². The van der Waals surface area contributed by atoms with E-state index < -0.39 is 5.91 Å². The Morgan fingerprint density at radius 3 is 2.52 bits per heavy atom. The third kappa shape index (κ3) is 6.11. The number of aryl methyl sites for hydroxylation is 1. The minimum absolute atomic E-state index is 0.0725. The lowest BCUT2D eigenvalue weighted by atomic mass is 10.1. The van der Waals surface area contributed by atoms with E-state index in [1.807, 2.05) is 19.1 Å². The number of carbonyl (C=O) groups is 2. The Kier molecular flexibility index (Phi) is 7.80. The number of carbonyl (C=O) groups excluding carboxylic acids is 2. The second-order valence-corrected chi connectivity index (χ2v) is 6.13. The van der Waals surface area contributed by atoms with Gasteiger partial charge in [-0.15, -0.1) is 0 Å². The Bertz CT molecular complexity index is 944. The summed E-state index contributed by atoms with van der Waals surface area (Å²) in [6.45, 7) is 4.35. The van der Waals surface area contributed by atoms with E-state index in [1.54, 1.807) is 43.3 Å². The first kappa shape index (κ1) is 21.5. The number of esters is 1. The molecule has 0 spiro atoms. The topological polar surface area (TPSA) is 100 Å². The number of nitriles is 1. The predicted molar refractivity (Wildman–Crippen MR) is 109 cm³/mol. The van der Waals surface area contributed by atoms with E-state index in [-0.39, 0.29) is 11.5 Å². The molecule has 0 atom stereocenters. The van der Waals surface area contributed by atoms with Gasteiger partial charge in [-0.1, -0.05) is 18.2 Å². The Balaban J connectivity index is 2.00. The number of nitrogens with one attached hydrogen (secondary N) is 2. The first-order valence-corrected chi connectivity index (χ1v) is 9.04. The summed E-state index contributed by atoms with van der Waals surface area (Å²) in [6, 6.07) is 14.1. The minimum atomic E-state index is -0.540. The zero-order chi connectivity index (χ0) is 21.2. The van der Waals surface area contributed by atoms with Crippen molar-refractivity contribution in [1.29, 1.82) is 5.26 Å². The molecule has 0 radical (unpaired) electrons. The summed E-state index contributed by atoms with van der Waals surface area (Å²) < 4.78 is 10.2. The van der Waals surface area contributed by atoms with Crippen molar-refractivity contribution in [3.8, 4) is 11.8 Å². The highest BCUT2D eigenvalue weighted by Crippen LogP contribution is 2.25. The molecule has 0 bridgehead atoms. The lowest BCUT2D eigenvalue weighted by molar-refractivity contribution is -0.112. The van der Waals surface area contributed by atoms with Crippen LogP contribution >= 0.6 is 0 Å². The van der Waals surface area contributed by atoms with Gasteiger partial charge in [-0.05, 0) is 49.2 Å². The molecule has 29 heavy (non-hydrogen) atoms. The van der Waals surface area contributed by atoms with E-state index in [9.17, 15) is 14.9 Å². The van der Waals surface area contributed by atoms with Crippen LogP contribution in [0.3, 0.4) is 0 Å². The maximum atomic E-state index is 12.4. The van der Waals surface area contributed by atoms with Gasteiger partial charge in [-0.3, -0.25) is 4.79 Å². The molecule has 0 aliphatic carbocycles. The molecular weight excluding hydrogens is 370 g/mol. The number of methoxy groups -OCH3 is 1. The van der Waals surface area contributed by atoms with Crippen molar-refractivity contribution in [2.75, 3.05) is 19.0 Å². The van der Waals surface area contributed by atoms with Crippen molar-refractivity contribution in [3.05, 3.63) is 70.9 Å². The summed E-state index contributed by atoms with van der Waals surface area (Å²) in [5.41, 5.74) is 2.72. The molecule has 2 aromatic rings. The summed E-state index contributed by atoms with van der Waals surface area (Å²) >= 11 is 0. The quantitative estimate of drug-likeness (QED) is 0.405. The Morgan fingerprint density at radius 2 is 1.90 bits per heavy atom. The van der Waals surface area contributed by atoms with Gasteiger partial charge in [0.1, 0.15) is 17.4 Å². The van der Waals surface area contributed by atoms with Crippen molar-refractivity contribution in [1.82, 2.24) is 5.32 Å². The van der Waals surface area contributed by atoms with E-state index in [0.717, 1.165) is 11.1 Å². The standard InChI is InChI=1S/C22H23N3O4/c1-4-29-22(27)17-8-6-16(7-9-17)13-24-14-18(12-23)21(26)25-19-11-15(2)5-10-20(19)28-3/h5-11,14,24H,4,13H2,1-3H3,(H,25,26)/b18-14-. The molecule has 7 nitrogen and oxygen atoms in total. The molecule has 0 aliphatic heterocycles. The number of amides is 1. The van der Waals surface area contributed by atoms with Gasteiger partial charge in [0.2, 0.25) is 0 Å². The van der Waals surface area contributed by atoms with Crippen molar-refractivity contribution < 1.29 is 19.1 Å². The summed E-state index contributed by atoms with van der Waals surface area (Å²) in [4.78, 5) is 24.1. The zero-order valence-corrected chi connectivity index (χ0v) is 16.6. The maximum absolute atomic E-state index is 12.4. The molecule has 0 aromatic heterocycles. The number of hydrogen-bond acceptors (Lipinski definition) is 6. The lowest BCUT2D eigenvalue weighted by Crippen LogP contribution is -2.17. The van der Waals surface area contributed by atoms with Crippen LogP contribution < -0.4 is 15.4 Å². The van der Waals surface area contributed by atoms with Gasteiger partial charge in [0, 0.05) is 12.7 Å². The molecule has 0 saturated carbocycles. The molecular formula is C22H23N3O4. The molecule has 2 aromatic carbocycles. The van der Waals surface area contributed by atoms with Crippen molar-refractivity contribution in [2.24, 2.45) is 0 Å². The summed E-state index contributed by atoms with van der Waals surface area (Å²) in [6.07, 6.45) is 1.36. The minimum Gasteiger partial charge on any atom is -0.495 e. The number of ether oxygens (including phenoxy) is 2. The van der Waals surface area contributed by atoms with Crippen molar-refractivity contribution in [2.45, 2.75) is 20.4 Å². The van der Waals surface area contributed by atoms with Gasteiger partial charge in [0.05, 0.1) is 25.0 Å². The monoisotopic (exact) mass is 393 g/mol. The second-order valence-electron chi connectivity index (χ2n) is 6.13. The highest BCUT2D eigenvalue weighted by atomic mass is 16.5. The number of benzene rings is 2. The van der Waals surface area contributed by atoms with Crippen LogP contribution in [0.5, 0.6) is 5.75 Å². The molecule has 150 valence electrons. The van der Waals surface area contributed by atoms with E-state index in [4.69, 9.17) is 9.47 Å². The van der Waals surface area contributed by atoms with Gasteiger partial charge < -0.3 is 20.1 Å². The maximum Gasteiger partial charge on any atom is 0.338 e. The van der Waals surface area contributed by atoms with Crippen molar-refractivity contribution in [3.63, 3.8) is 0 Å². The molecule has 0 aliphatic rings. The first-order valence-electron chi connectivity index (χ1n) is 9.04.